The second kappa shape index (κ2) is 6.68. The van der Waals surface area contributed by atoms with Crippen molar-refractivity contribution in [1.29, 1.82) is 0 Å². The topological polar surface area (TPSA) is 53.4 Å². The lowest BCUT2D eigenvalue weighted by Gasteiger charge is -2.40. The molecule has 5 heteroatoms. The highest BCUT2D eigenvalue weighted by atomic mass is 32.1. The van der Waals surface area contributed by atoms with Gasteiger partial charge in [-0.3, -0.25) is 4.79 Å². The van der Waals surface area contributed by atoms with Crippen LogP contribution in [-0.2, 0) is 11.2 Å². The molecule has 0 aromatic carbocycles. The number of piperidine rings is 1. The molecule has 1 aromatic rings. The second-order valence-electron chi connectivity index (χ2n) is 5.83. The zero-order valence-corrected chi connectivity index (χ0v) is 13.2. The molecular weight excluding hydrogens is 272 g/mol. The van der Waals surface area contributed by atoms with Crippen molar-refractivity contribution in [3.05, 3.63) is 16.1 Å². The number of nitrogens with zero attached hydrogens (tertiary/aromatic N) is 2. The summed E-state index contributed by atoms with van der Waals surface area (Å²) in [5.41, 5.74) is 2.49. The van der Waals surface area contributed by atoms with Crippen molar-refractivity contribution in [3.8, 4) is 0 Å². The van der Waals surface area contributed by atoms with Gasteiger partial charge in [-0.15, -0.1) is 11.3 Å². The Morgan fingerprint density at radius 3 is 3.00 bits per heavy atom. The van der Waals surface area contributed by atoms with Crippen LogP contribution in [0.5, 0.6) is 0 Å². The lowest BCUT2D eigenvalue weighted by atomic mass is 9.76. The van der Waals surface area contributed by atoms with Crippen LogP contribution in [-0.4, -0.2) is 40.6 Å². The van der Waals surface area contributed by atoms with Gasteiger partial charge in [0.2, 0.25) is 0 Å². The Morgan fingerprint density at radius 2 is 2.40 bits per heavy atom. The molecule has 0 radical (unpaired) electrons. The predicted octanol–water partition coefficient (Wildman–Crippen LogP) is 2.96. The van der Waals surface area contributed by atoms with Crippen molar-refractivity contribution in [2.45, 2.75) is 46.0 Å². The van der Waals surface area contributed by atoms with E-state index in [4.69, 9.17) is 0 Å². The maximum Gasteiger partial charge on any atom is 0.310 e. The number of aliphatic carboxylic acids is 1. The largest absolute Gasteiger partial charge is 0.481 e. The second-order valence-corrected chi connectivity index (χ2v) is 6.77. The predicted molar refractivity (Wildman–Crippen MR) is 81.2 cm³/mol. The summed E-state index contributed by atoms with van der Waals surface area (Å²) in [4.78, 5) is 19.6. The zero-order chi connectivity index (χ0) is 14.6. The molecule has 0 amide bonds. The minimum atomic E-state index is -0.613. The van der Waals surface area contributed by atoms with Gasteiger partial charge in [-0.25, -0.2) is 4.98 Å². The van der Waals surface area contributed by atoms with Gasteiger partial charge in [-0.1, -0.05) is 13.3 Å². The number of aryl methyl sites for hydroxylation is 1. The van der Waals surface area contributed by atoms with Gasteiger partial charge in [-0.05, 0) is 39.2 Å². The van der Waals surface area contributed by atoms with Crippen LogP contribution in [0.15, 0.2) is 5.51 Å². The lowest BCUT2D eigenvalue weighted by Crippen LogP contribution is -2.48. The average molecular weight is 296 g/mol. The van der Waals surface area contributed by atoms with Crippen LogP contribution in [0.1, 0.15) is 43.2 Å². The monoisotopic (exact) mass is 296 g/mol. The number of rotatable bonds is 6. The summed E-state index contributed by atoms with van der Waals surface area (Å²) in [5.74, 6) is -0.613. The summed E-state index contributed by atoms with van der Waals surface area (Å²) in [6.07, 6.45) is 4.53. The highest BCUT2D eigenvalue weighted by Gasteiger charge is 2.41. The molecule has 0 bridgehead atoms. The SMILES string of the molecule is CCCC1(C(=O)O)CCCN(CCc2scnc2C)C1. The highest BCUT2D eigenvalue weighted by Crippen LogP contribution is 2.35. The van der Waals surface area contributed by atoms with Crippen LogP contribution in [0.2, 0.25) is 0 Å². The van der Waals surface area contributed by atoms with Crippen LogP contribution in [0.4, 0.5) is 0 Å². The van der Waals surface area contributed by atoms with Crippen molar-refractivity contribution in [2.75, 3.05) is 19.6 Å². The Bertz CT molecular complexity index is 456. The van der Waals surface area contributed by atoms with Crippen molar-refractivity contribution < 1.29 is 9.90 Å². The van der Waals surface area contributed by atoms with E-state index in [0.29, 0.717) is 6.54 Å². The van der Waals surface area contributed by atoms with Gasteiger partial charge < -0.3 is 10.0 Å². The van der Waals surface area contributed by atoms with Crippen LogP contribution in [0, 0.1) is 12.3 Å². The van der Waals surface area contributed by atoms with Crippen LogP contribution in [0.3, 0.4) is 0 Å². The Balaban J connectivity index is 1.96. The first-order chi connectivity index (χ1) is 9.57. The summed E-state index contributed by atoms with van der Waals surface area (Å²) in [5, 5.41) is 9.60. The first-order valence-electron chi connectivity index (χ1n) is 7.42. The normalized spacial score (nSPS) is 23.9. The third kappa shape index (κ3) is 3.38. The van der Waals surface area contributed by atoms with E-state index in [1.165, 1.54) is 4.88 Å². The third-order valence-corrected chi connectivity index (χ3v) is 5.33. The number of carbonyl (C=O) groups is 1. The quantitative estimate of drug-likeness (QED) is 0.877. The highest BCUT2D eigenvalue weighted by molar-refractivity contribution is 7.09. The van der Waals surface area contributed by atoms with Gasteiger partial charge in [0, 0.05) is 18.0 Å². The van der Waals surface area contributed by atoms with E-state index in [2.05, 4.69) is 16.8 Å². The molecule has 1 aliphatic heterocycles. The number of carboxylic acids is 1. The summed E-state index contributed by atoms with van der Waals surface area (Å²) in [6.45, 7) is 6.79. The average Bonchev–Trinajstić information content (AvgIpc) is 2.82. The molecule has 112 valence electrons. The van der Waals surface area contributed by atoms with Gasteiger partial charge >= 0.3 is 5.97 Å². The lowest BCUT2D eigenvalue weighted by molar-refractivity contribution is -0.153. The fraction of sp³-hybridized carbons (Fsp3) is 0.733. The summed E-state index contributed by atoms with van der Waals surface area (Å²) in [6, 6.07) is 0. The molecule has 1 unspecified atom stereocenters. The maximum atomic E-state index is 11.7. The summed E-state index contributed by atoms with van der Waals surface area (Å²) in [7, 11) is 0. The van der Waals surface area contributed by atoms with Crippen LogP contribution >= 0.6 is 11.3 Å². The number of carboxylic acid groups (broad SMARTS) is 1. The van der Waals surface area contributed by atoms with Crippen molar-refractivity contribution in [1.82, 2.24) is 9.88 Å². The van der Waals surface area contributed by atoms with Gasteiger partial charge in [0.05, 0.1) is 16.6 Å². The molecule has 1 saturated heterocycles. The van der Waals surface area contributed by atoms with Gasteiger partial charge in [0.25, 0.3) is 0 Å². The van der Waals surface area contributed by atoms with E-state index in [1.54, 1.807) is 11.3 Å². The maximum absolute atomic E-state index is 11.7. The Hall–Kier alpha value is -0.940. The molecule has 1 N–H and O–H groups in total. The minimum Gasteiger partial charge on any atom is -0.481 e. The van der Waals surface area contributed by atoms with Crippen molar-refractivity contribution in [3.63, 3.8) is 0 Å². The Kier molecular flexibility index (Phi) is 5.16. The Morgan fingerprint density at radius 1 is 1.60 bits per heavy atom. The van der Waals surface area contributed by atoms with Crippen molar-refractivity contribution in [2.24, 2.45) is 5.41 Å². The number of aromatic nitrogens is 1. The first kappa shape index (κ1) is 15.4. The van der Waals surface area contributed by atoms with Crippen LogP contribution < -0.4 is 0 Å². The molecule has 1 aromatic heterocycles. The number of likely N-dealkylation sites (tertiary alicyclic amines) is 1. The summed E-state index contributed by atoms with van der Waals surface area (Å²) < 4.78 is 0. The molecule has 0 spiro atoms. The van der Waals surface area contributed by atoms with E-state index < -0.39 is 11.4 Å². The number of hydrogen-bond acceptors (Lipinski definition) is 4. The molecule has 2 rings (SSSR count). The fourth-order valence-electron chi connectivity index (χ4n) is 3.21. The zero-order valence-electron chi connectivity index (χ0n) is 12.4. The smallest absolute Gasteiger partial charge is 0.310 e. The molecule has 1 atom stereocenters. The Labute approximate surface area is 124 Å². The van der Waals surface area contributed by atoms with Gasteiger partial charge in [0.1, 0.15) is 0 Å². The summed E-state index contributed by atoms with van der Waals surface area (Å²) >= 11 is 1.70. The molecule has 0 aliphatic carbocycles. The molecule has 1 aliphatic rings. The number of thiazole rings is 1. The standard InChI is InChI=1S/C15H24N2O2S/c1-3-6-15(14(18)19)7-4-8-17(10-15)9-5-13-12(2)16-11-20-13/h11H,3-10H2,1-2H3,(H,18,19). The fourth-order valence-corrected chi connectivity index (χ4v) is 3.98. The molecule has 20 heavy (non-hydrogen) atoms. The molecule has 2 heterocycles. The first-order valence-corrected chi connectivity index (χ1v) is 8.30. The molecule has 0 saturated carbocycles. The van der Waals surface area contributed by atoms with E-state index in [1.807, 2.05) is 12.4 Å². The number of hydrogen-bond donors (Lipinski definition) is 1. The van der Waals surface area contributed by atoms with E-state index >= 15 is 0 Å². The molecule has 1 fully saturated rings. The van der Waals surface area contributed by atoms with E-state index in [0.717, 1.165) is 50.9 Å². The van der Waals surface area contributed by atoms with Gasteiger partial charge in [-0.2, -0.15) is 0 Å². The van der Waals surface area contributed by atoms with Gasteiger partial charge in [0.15, 0.2) is 0 Å². The van der Waals surface area contributed by atoms with E-state index in [9.17, 15) is 9.90 Å². The van der Waals surface area contributed by atoms with E-state index in [-0.39, 0.29) is 0 Å². The molecule has 4 nitrogen and oxygen atoms in total. The molecular formula is C15H24N2O2S. The van der Waals surface area contributed by atoms with Crippen LogP contribution in [0.25, 0.3) is 0 Å². The third-order valence-electron chi connectivity index (χ3n) is 4.34. The van der Waals surface area contributed by atoms with Crippen molar-refractivity contribution >= 4 is 17.3 Å². The minimum absolute atomic E-state index is 0.518.